The van der Waals surface area contributed by atoms with Crippen molar-refractivity contribution < 1.29 is 23.5 Å². The summed E-state index contributed by atoms with van der Waals surface area (Å²) in [7, 11) is 1.62. The summed E-state index contributed by atoms with van der Waals surface area (Å²) in [6, 6.07) is 3.23. The maximum atomic E-state index is 13.3. The molecule has 0 saturated carbocycles. The van der Waals surface area contributed by atoms with E-state index in [0.717, 1.165) is 12.1 Å². The lowest BCUT2D eigenvalue weighted by Crippen LogP contribution is -2.43. The van der Waals surface area contributed by atoms with Crippen LogP contribution in [0.25, 0.3) is 0 Å². The number of hydrogen-bond donors (Lipinski definition) is 1. The number of halogens is 3. The minimum Gasteiger partial charge on any atom is -0.481 e. The average molecular weight is 377 g/mol. The Morgan fingerprint density at radius 1 is 1.28 bits per heavy atom. The first-order valence-corrected chi connectivity index (χ1v) is 7.95. The van der Waals surface area contributed by atoms with Gasteiger partial charge in [0.1, 0.15) is 0 Å². The number of piperidine rings is 1. The predicted octanol–water partition coefficient (Wildman–Crippen LogP) is 2.70. The number of carboxylic acid groups (broad SMARTS) is 1. The van der Waals surface area contributed by atoms with Gasteiger partial charge in [-0.1, -0.05) is 6.07 Å². The van der Waals surface area contributed by atoms with Crippen molar-refractivity contribution in [1.82, 2.24) is 9.80 Å². The number of amides is 1. The molecule has 140 valence electrons. The maximum absolute atomic E-state index is 13.3. The molecular formula is C17H23ClF2N2O3. The van der Waals surface area contributed by atoms with Gasteiger partial charge < -0.3 is 10.0 Å². The van der Waals surface area contributed by atoms with Gasteiger partial charge >= 0.3 is 5.97 Å². The van der Waals surface area contributed by atoms with Crippen LogP contribution in [0.15, 0.2) is 18.2 Å². The molecule has 1 aliphatic heterocycles. The van der Waals surface area contributed by atoms with Crippen molar-refractivity contribution in [3.05, 3.63) is 35.4 Å². The molecule has 1 N–H and O–H groups in total. The van der Waals surface area contributed by atoms with Gasteiger partial charge in [-0.05, 0) is 50.6 Å². The van der Waals surface area contributed by atoms with Crippen molar-refractivity contribution in [2.75, 3.05) is 26.7 Å². The molecule has 0 spiro atoms. The van der Waals surface area contributed by atoms with E-state index in [2.05, 4.69) is 0 Å². The van der Waals surface area contributed by atoms with Crippen LogP contribution in [0.1, 0.15) is 31.4 Å². The van der Waals surface area contributed by atoms with Gasteiger partial charge in [0.25, 0.3) is 0 Å². The smallest absolute Gasteiger partial charge is 0.306 e. The molecule has 0 aliphatic carbocycles. The summed E-state index contributed by atoms with van der Waals surface area (Å²) < 4.78 is 26.4. The number of hydrogen-bond acceptors (Lipinski definition) is 3. The zero-order valence-corrected chi connectivity index (χ0v) is 15.1. The van der Waals surface area contributed by atoms with Crippen molar-refractivity contribution in [2.45, 2.75) is 25.8 Å². The zero-order chi connectivity index (χ0) is 17.9. The van der Waals surface area contributed by atoms with Crippen LogP contribution in [0, 0.1) is 17.6 Å². The van der Waals surface area contributed by atoms with E-state index in [1.807, 2.05) is 4.90 Å². The van der Waals surface area contributed by atoms with Gasteiger partial charge in [-0.3, -0.25) is 14.5 Å². The van der Waals surface area contributed by atoms with Gasteiger partial charge in [0, 0.05) is 7.05 Å². The van der Waals surface area contributed by atoms with Crippen LogP contribution < -0.4 is 0 Å². The largest absolute Gasteiger partial charge is 0.481 e. The Hall–Kier alpha value is -1.73. The van der Waals surface area contributed by atoms with Crippen molar-refractivity contribution in [3.63, 3.8) is 0 Å². The van der Waals surface area contributed by atoms with E-state index in [4.69, 9.17) is 5.11 Å². The van der Waals surface area contributed by atoms with Crippen molar-refractivity contribution in [1.29, 1.82) is 0 Å². The van der Waals surface area contributed by atoms with E-state index >= 15 is 0 Å². The van der Waals surface area contributed by atoms with Crippen LogP contribution in [0.3, 0.4) is 0 Å². The number of likely N-dealkylation sites (tertiary alicyclic amines) is 1. The van der Waals surface area contributed by atoms with Gasteiger partial charge in [-0.2, -0.15) is 0 Å². The highest BCUT2D eigenvalue weighted by molar-refractivity contribution is 5.85. The molecule has 5 nitrogen and oxygen atoms in total. The Morgan fingerprint density at radius 3 is 2.40 bits per heavy atom. The number of rotatable bonds is 5. The number of carbonyl (C=O) groups is 2. The normalized spacial score (nSPS) is 16.8. The van der Waals surface area contributed by atoms with Crippen LogP contribution >= 0.6 is 12.4 Å². The third kappa shape index (κ3) is 5.37. The molecule has 1 aromatic carbocycles. The molecule has 0 radical (unpaired) electrons. The summed E-state index contributed by atoms with van der Waals surface area (Å²) in [6.07, 6.45) is 1.07. The number of nitrogens with zero attached hydrogens (tertiary/aromatic N) is 2. The van der Waals surface area contributed by atoms with Crippen LogP contribution in [0.4, 0.5) is 8.78 Å². The molecule has 0 aromatic heterocycles. The van der Waals surface area contributed by atoms with Gasteiger partial charge in [0.05, 0.1) is 18.5 Å². The Bertz CT molecular complexity index is 622. The first-order chi connectivity index (χ1) is 11.3. The molecule has 1 heterocycles. The Labute approximate surface area is 152 Å². The van der Waals surface area contributed by atoms with E-state index in [1.165, 1.54) is 11.0 Å². The topological polar surface area (TPSA) is 60.9 Å². The molecule has 1 aromatic rings. The fraction of sp³-hybridized carbons (Fsp3) is 0.529. The summed E-state index contributed by atoms with van der Waals surface area (Å²) >= 11 is 0. The molecule has 1 atom stereocenters. The van der Waals surface area contributed by atoms with E-state index in [9.17, 15) is 18.4 Å². The second-order valence-electron chi connectivity index (χ2n) is 6.24. The van der Waals surface area contributed by atoms with Crippen molar-refractivity contribution in [3.8, 4) is 0 Å². The van der Waals surface area contributed by atoms with Gasteiger partial charge in [-0.25, -0.2) is 8.78 Å². The monoisotopic (exact) mass is 376 g/mol. The molecule has 1 unspecified atom stereocenters. The lowest BCUT2D eigenvalue weighted by molar-refractivity contribution is -0.143. The summed E-state index contributed by atoms with van der Waals surface area (Å²) in [4.78, 5) is 26.8. The van der Waals surface area contributed by atoms with Gasteiger partial charge in [0.2, 0.25) is 5.91 Å². The SMILES string of the molecule is CC(c1ccc(F)c(F)c1)N(C)C(=O)CN1CCC(C(=O)O)CC1.Cl. The summed E-state index contributed by atoms with van der Waals surface area (Å²) in [6.45, 7) is 3.07. The summed E-state index contributed by atoms with van der Waals surface area (Å²) in [5, 5.41) is 8.98. The zero-order valence-electron chi connectivity index (χ0n) is 14.2. The minimum absolute atomic E-state index is 0. The molecule has 8 heteroatoms. The van der Waals surface area contributed by atoms with Crippen LogP contribution in [-0.4, -0.2) is 53.5 Å². The molecular weight excluding hydrogens is 354 g/mol. The Balaban J connectivity index is 0.00000312. The van der Waals surface area contributed by atoms with E-state index in [1.54, 1.807) is 14.0 Å². The van der Waals surface area contributed by atoms with Gasteiger partial charge in [-0.15, -0.1) is 12.4 Å². The van der Waals surface area contributed by atoms with Crippen LogP contribution in [0.2, 0.25) is 0 Å². The third-order valence-corrected chi connectivity index (χ3v) is 4.70. The Kier molecular flexibility index (Phi) is 7.76. The molecule has 2 rings (SSSR count). The fourth-order valence-electron chi connectivity index (χ4n) is 2.85. The van der Waals surface area contributed by atoms with E-state index in [0.29, 0.717) is 31.5 Å². The molecule has 0 bridgehead atoms. The first kappa shape index (κ1) is 21.3. The fourth-order valence-corrected chi connectivity index (χ4v) is 2.85. The van der Waals surface area contributed by atoms with Crippen LogP contribution in [0.5, 0.6) is 0 Å². The second-order valence-corrected chi connectivity index (χ2v) is 6.24. The van der Waals surface area contributed by atoms with Gasteiger partial charge in [0.15, 0.2) is 11.6 Å². The lowest BCUT2D eigenvalue weighted by Gasteiger charge is -2.32. The van der Waals surface area contributed by atoms with Crippen LogP contribution in [-0.2, 0) is 9.59 Å². The highest BCUT2D eigenvalue weighted by Gasteiger charge is 2.27. The molecule has 1 amide bonds. The minimum atomic E-state index is -0.934. The summed E-state index contributed by atoms with van der Waals surface area (Å²) in [5.41, 5.74) is 0.523. The van der Waals surface area contributed by atoms with E-state index < -0.39 is 17.6 Å². The summed E-state index contributed by atoms with van der Waals surface area (Å²) in [5.74, 6) is -3.11. The highest BCUT2D eigenvalue weighted by Crippen LogP contribution is 2.22. The molecule has 1 aliphatic rings. The Morgan fingerprint density at radius 2 is 1.88 bits per heavy atom. The number of benzene rings is 1. The third-order valence-electron chi connectivity index (χ3n) is 4.70. The number of aliphatic carboxylic acids is 1. The average Bonchev–Trinajstić information content (AvgIpc) is 2.56. The first-order valence-electron chi connectivity index (χ1n) is 7.95. The quantitative estimate of drug-likeness (QED) is 0.858. The standard InChI is InChI=1S/C17H22F2N2O3.ClH/c1-11(13-3-4-14(18)15(19)9-13)20(2)16(22)10-21-7-5-12(6-8-21)17(23)24;/h3-4,9,11-12H,5-8,10H2,1-2H3,(H,23,24);1H. The number of carbonyl (C=O) groups excluding carboxylic acids is 1. The highest BCUT2D eigenvalue weighted by atomic mass is 35.5. The number of carboxylic acids is 1. The van der Waals surface area contributed by atoms with Crippen molar-refractivity contribution >= 4 is 24.3 Å². The van der Waals surface area contributed by atoms with Crippen molar-refractivity contribution in [2.24, 2.45) is 5.92 Å². The second kappa shape index (κ2) is 9.10. The van der Waals surface area contributed by atoms with E-state index in [-0.39, 0.29) is 36.8 Å². The molecule has 25 heavy (non-hydrogen) atoms. The lowest BCUT2D eigenvalue weighted by atomic mass is 9.97. The molecule has 1 saturated heterocycles. The number of likely N-dealkylation sites (N-methyl/N-ethyl adjacent to an activating group) is 1. The maximum Gasteiger partial charge on any atom is 0.306 e. The molecule has 1 fully saturated rings. The predicted molar refractivity (Wildman–Crippen MR) is 91.6 cm³/mol.